The molecule has 0 spiro atoms. The number of hydrogen-bond acceptors (Lipinski definition) is 6. The molecular weight excluding hydrogens is 496 g/mol. The molecule has 6 aromatic rings. The molecule has 0 radical (unpaired) electrons. The Morgan fingerprint density at radius 2 is 1.55 bits per heavy atom. The van der Waals surface area contributed by atoms with Crippen molar-refractivity contribution in [1.29, 1.82) is 0 Å². The first-order chi connectivity index (χ1) is 19.6. The van der Waals surface area contributed by atoms with E-state index in [4.69, 9.17) is 10.8 Å². The number of likely N-dealkylation sites (N-methyl/N-ethyl adjacent to an activating group) is 1. The van der Waals surface area contributed by atoms with E-state index in [1.165, 1.54) is 17.5 Å². The number of piperazine rings is 1. The van der Waals surface area contributed by atoms with Crippen molar-refractivity contribution in [2.45, 2.75) is 13.1 Å². The Balaban J connectivity index is 1.21. The third kappa shape index (κ3) is 4.72. The molecule has 200 valence electrons. The molecule has 1 aliphatic rings. The van der Waals surface area contributed by atoms with Crippen LogP contribution in [0, 0.1) is 0 Å². The monoisotopic (exact) mass is 528 g/mol. The van der Waals surface area contributed by atoms with Crippen LogP contribution in [-0.4, -0.2) is 67.4 Å². The summed E-state index contributed by atoms with van der Waals surface area (Å²) in [5.41, 5.74) is 14.8. The van der Waals surface area contributed by atoms with Crippen LogP contribution in [0.2, 0.25) is 0 Å². The highest BCUT2D eigenvalue weighted by Crippen LogP contribution is 2.35. The normalized spacial score (nSPS) is 14.8. The van der Waals surface area contributed by atoms with E-state index < -0.39 is 0 Å². The minimum atomic E-state index is 0.456. The van der Waals surface area contributed by atoms with E-state index in [1.807, 2.05) is 15.3 Å². The summed E-state index contributed by atoms with van der Waals surface area (Å²) in [4.78, 5) is 9.22. The van der Waals surface area contributed by atoms with E-state index in [0.717, 1.165) is 78.1 Å². The Morgan fingerprint density at radius 1 is 0.800 bits per heavy atom. The van der Waals surface area contributed by atoms with Crippen LogP contribution in [0.15, 0.2) is 91.4 Å². The van der Waals surface area contributed by atoms with E-state index in [2.05, 4.69) is 106 Å². The van der Waals surface area contributed by atoms with Crippen molar-refractivity contribution >= 4 is 22.2 Å². The smallest absolute Gasteiger partial charge is 0.152 e. The highest BCUT2D eigenvalue weighted by Gasteiger charge is 2.18. The van der Waals surface area contributed by atoms with E-state index in [-0.39, 0.29) is 0 Å². The van der Waals surface area contributed by atoms with E-state index in [0.29, 0.717) is 5.82 Å². The van der Waals surface area contributed by atoms with E-state index >= 15 is 0 Å². The Hall–Kier alpha value is -4.53. The van der Waals surface area contributed by atoms with Crippen LogP contribution in [0.1, 0.15) is 11.1 Å². The molecular formula is C32H32N8. The maximum absolute atomic E-state index is 6.43. The van der Waals surface area contributed by atoms with Crippen LogP contribution >= 0.6 is 0 Å². The molecule has 1 aliphatic heterocycles. The predicted octanol–water partition coefficient (Wildman–Crippen LogP) is 4.79. The summed E-state index contributed by atoms with van der Waals surface area (Å²) in [6, 6.07) is 27.7. The molecule has 8 nitrogen and oxygen atoms in total. The zero-order valence-electron chi connectivity index (χ0n) is 22.6. The van der Waals surface area contributed by atoms with Gasteiger partial charge in [0.05, 0.1) is 17.8 Å². The third-order valence-corrected chi connectivity index (χ3v) is 7.89. The van der Waals surface area contributed by atoms with Gasteiger partial charge in [0.15, 0.2) is 5.82 Å². The first-order valence-electron chi connectivity index (χ1n) is 13.7. The van der Waals surface area contributed by atoms with Crippen molar-refractivity contribution < 1.29 is 0 Å². The molecule has 1 saturated heterocycles. The van der Waals surface area contributed by atoms with Gasteiger partial charge in [-0.05, 0) is 35.9 Å². The SMILES string of the molecule is CN1CCN(Cc2ccc(-c3cc(-c4ccc5cn(Cc6ccccc6)nc5c4)c4c(N)ncnn34)cc2)CC1. The zero-order valence-corrected chi connectivity index (χ0v) is 22.6. The number of benzene rings is 3. The molecule has 0 aliphatic carbocycles. The van der Waals surface area contributed by atoms with Crippen LogP contribution in [0.4, 0.5) is 5.82 Å². The van der Waals surface area contributed by atoms with Crippen LogP contribution < -0.4 is 5.73 Å². The first kappa shape index (κ1) is 24.5. The maximum atomic E-state index is 6.43. The zero-order chi connectivity index (χ0) is 27.1. The lowest BCUT2D eigenvalue weighted by atomic mass is 10.0. The van der Waals surface area contributed by atoms with Gasteiger partial charge < -0.3 is 10.6 Å². The highest BCUT2D eigenvalue weighted by molar-refractivity contribution is 5.94. The summed E-state index contributed by atoms with van der Waals surface area (Å²) >= 11 is 0. The lowest BCUT2D eigenvalue weighted by molar-refractivity contribution is 0.148. The van der Waals surface area contributed by atoms with Crippen molar-refractivity contribution in [2.75, 3.05) is 39.0 Å². The van der Waals surface area contributed by atoms with Gasteiger partial charge in [-0.3, -0.25) is 9.58 Å². The molecule has 1 fully saturated rings. The first-order valence-corrected chi connectivity index (χ1v) is 13.7. The standard InChI is InChI=1S/C32H32N8/c1-37-13-15-38(16-14-37)19-24-7-9-25(10-8-24)30-18-28(31-32(33)34-22-35-40(30)31)26-11-12-27-21-39(36-29(27)17-26)20-23-5-3-2-4-6-23/h2-12,17-18,21-22H,13-16,19-20H2,1H3,(H2,33,34,35). The number of anilines is 1. The van der Waals surface area contributed by atoms with Crippen LogP contribution in [0.5, 0.6) is 0 Å². The maximum Gasteiger partial charge on any atom is 0.152 e. The van der Waals surface area contributed by atoms with Gasteiger partial charge >= 0.3 is 0 Å². The number of rotatable bonds is 6. The van der Waals surface area contributed by atoms with E-state index in [9.17, 15) is 0 Å². The molecule has 0 unspecified atom stereocenters. The summed E-state index contributed by atoms with van der Waals surface area (Å²) in [5, 5.41) is 10.6. The van der Waals surface area contributed by atoms with E-state index in [1.54, 1.807) is 0 Å². The molecule has 0 amide bonds. The minimum absolute atomic E-state index is 0.456. The van der Waals surface area contributed by atoms with Gasteiger partial charge in [-0.1, -0.05) is 66.7 Å². The fraction of sp³-hybridized carbons (Fsp3) is 0.219. The molecule has 40 heavy (non-hydrogen) atoms. The summed E-state index contributed by atoms with van der Waals surface area (Å²) in [6.07, 6.45) is 3.61. The topological polar surface area (TPSA) is 80.5 Å². The second-order valence-corrected chi connectivity index (χ2v) is 10.7. The average molecular weight is 529 g/mol. The lowest BCUT2D eigenvalue weighted by Crippen LogP contribution is -2.43. The fourth-order valence-corrected chi connectivity index (χ4v) is 5.63. The molecule has 0 saturated carbocycles. The number of fused-ring (bicyclic) bond motifs is 2. The van der Waals surface area contributed by atoms with Gasteiger partial charge in [-0.25, -0.2) is 9.50 Å². The van der Waals surface area contributed by atoms with Crippen molar-refractivity contribution in [3.63, 3.8) is 0 Å². The molecule has 8 heteroatoms. The summed E-state index contributed by atoms with van der Waals surface area (Å²) in [7, 11) is 2.19. The van der Waals surface area contributed by atoms with Crippen molar-refractivity contribution in [3.05, 3.63) is 103 Å². The number of nitrogens with zero attached hydrogens (tertiary/aromatic N) is 7. The Kier molecular flexibility index (Phi) is 6.26. The highest BCUT2D eigenvalue weighted by atomic mass is 15.3. The molecule has 0 atom stereocenters. The van der Waals surface area contributed by atoms with Gasteiger partial charge in [0.25, 0.3) is 0 Å². The number of nitrogen functional groups attached to an aromatic ring is 1. The summed E-state index contributed by atoms with van der Waals surface area (Å²) in [5.74, 6) is 0.456. The molecule has 2 N–H and O–H groups in total. The molecule has 4 heterocycles. The molecule has 0 bridgehead atoms. The second kappa shape index (κ2) is 10.2. The minimum Gasteiger partial charge on any atom is -0.382 e. The van der Waals surface area contributed by atoms with Gasteiger partial charge in [-0.15, -0.1) is 0 Å². The van der Waals surface area contributed by atoms with Gasteiger partial charge in [0.2, 0.25) is 0 Å². The Bertz CT molecular complexity index is 1780. The average Bonchev–Trinajstić information content (AvgIpc) is 3.57. The van der Waals surface area contributed by atoms with Crippen molar-refractivity contribution in [1.82, 2.24) is 34.2 Å². The Morgan fingerprint density at radius 3 is 2.35 bits per heavy atom. The second-order valence-electron chi connectivity index (χ2n) is 10.7. The molecule has 7 rings (SSSR count). The lowest BCUT2D eigenvalue weighted by Gasteiger charge is -2.32. The summed E-state index contributed by atoms with van der Waals surface area (Å²) < 4.78 is 3.90. The summed E-state index contributed by atoms with van der Waals surface area (Å²) in [6.45, 7) is 6.16. The molecule has 3 aromatic heterocycles. The van der Waals surface area contributed by atoms with Gasteiger partial charge in [0, 0.05) is 55.4 Å². The van der Waals surface area contributed by atoms with Crippen molar-refractivity contribution in [2.24, 2.45) is 0 Å². The quantitative estimate of drug-likeness (QED) is 0.335. The number of hydrogen-bond donors (Lipinski definition) is 1. The number of aromatic nitrogens is 5. The van der Waals surface area contributed by atoms with Crippen LogP contribution in [0.25, 0.3) is 38.8 Å². The number of nitrogens with two attached hydrogens (primary N) is 1. The van der Waals surface area contributed by atoms with Crippen LogP contribution in [-0.2, 0) is 13.1 Å². The van der Waals surface area contributed by atoms with Crippen molar-refractivity contribution in [3.8, 4) is 22.4 Å². The van der Waals surface area contributed by atoms with Crippen LogP contribution in [0.3, 0.4) is 0 Å². The van der Waals surface area contributed by atoms with Gasteiger partial charge in [0.1, 0.15) is 11.8 Å². The third-order valence-electron chi connectivity index (χ3n) is 7.89. The molecule has 3 aromatic carbocycles. The predicted molar refractivity (Wildman–Crippen MR) is 160 cm³/mol. The Labute approximate surface area is 233 Å². The fourth-order valence-electron chi connectivity index (χ4n) is 5.63. The van der Waals surface area contributed by atoms with Gasteiger partial charge in [-0.2, -0.15) is 10.2 Å². The largest absolute Gasteiger partial charge is 0.382 e.